The van der Waals surface area contributed by atoms with E-state index in [-0.39, 0.29) is 18.4 Å². The van der Waals surface area contributed by atoms with Crippen molar-refractivity contribution in [2.24, 2.45) is 0 Å². The largest absolute Gasteiger partial charge is 0.467 e. The van der Waals surface area contributed by atoms with Gasteiger partial charge in [0.15, 0.2) is 0 Å². The third-order valence-electron chi connectivity index (χ3n) is 4.34. The van der Waals surface area contributed by atoms with Crippen LogP contribution in [0.15, 0.2) is 30.3 Å². The molecule has 2 atom stereocenters. The number of hydrogen-bond donors (Lipinski definition) is 1. The number of esters is 1. The predicted molar refractivity (Wildman–Crippen MR) is 100 cm³/mol. The highest BCUT2D eigenvalue weighted by molar-refractivity contribution is 5.96. The van der Waals surface area contributed by atoms with Gasteiger partial charge >= 0.3 is 12.1 Å². The standard InChI is InChI=1S/C20H28N2O5/c1-20(2,3)27-19(25)22-12-8-11-15(22)13-16(18(24)26-4)21-17(23)14-9-6-5-7-10-14/h5-7,9-10,15-16H,8,11-13H2,1-4H3,(H,21,23). The second-order valence-corrected chi connectivity index (χ2v) is 7.62. The molecule has 1 aliphatic heterocycles. The molecule has 0 spiro atoms. The van der Waals surface area contributed by atoms with Crippen LogP contribution in [0.25, 0.3) is 0 Å². The molecule has 1 heterocycles. The monoisotopic (exact) mass is 376 g/mol. The maximum Gasteiger partial charge on any atom is 0.410 e. The number of likely N-dealkylation sites (tertiary alicyclic amines) is 1. The minimum Gasteiger partial charge on any atom is -0.467 e. The van der Waals surface area contributed by atoms with Gasteiger partial charge in [-0.1, -0.05) is 18.2 Å². The van der Waals surface area contributed by atoms with Crippen molar-refractivity contribution in [3.8, 4) is 0 Å². The van der Waals surface area contributed by atoms with Crippen molar-refractivity contribution in [3.63, 3.8) is 0 Å². The lowest BCUT2D eigenvalue weighted by Gasteiger charge is -2.30. The van der Waals surface area contributed by atoms with E-state index in [4.69, 9.17) is 9.47 Å². The summed E-state index contributed by atoms with van der Waals surface area (Å²) in [5.41, 5.74) is -0.130. The molecular weight excluding hydrogens is 348 g/mol. The summed E-state index contributed by atoms with van der Waals surface area (Å²) in [6.45, 7) is 6.01. The molecule has 7 nitrogen and oxygen atoms in total. The molecule has 148 valence electrons. The number of rotatable bonds is 5. The van der Waals surface area contributed by atoms with Crippen LogP contribution in [0.3, 0.4) is 0 Å². The molecule has 2 rings (SSSR count). The van der Waals surface area contributed by atoms with Crippen LogP contribution in [-0.2, 0) is 14.3 Å². The number of benzene rings is 1. The summed E-state index contributed by atoms with van der Waals surface area (Å²) in [7, 11) is 1.28. The van der Waals surface area contributed by atoms with Gasteiger partial charge in [0.25, 0.3) is 5.91 Å². The van der Waals surface area contributed by atoms with Crippen LogP contribution in [0.1, 0.15) is 50.4 Å². The van der Waals surface area contributed by atoms with Gasteiger partial charge in [0.05, 0.1) is 7.11 Å². The van der Waals surface area contributed by atoms with Crippen LogP contribution in [0, 0.1) is 0 Å². The zero-order chi connectivity index (χ0) is 20.0. The number of carbonyl (C=O) groups excluding carboxylic acids is 3. The first-order valence-electron chi connectivity index (χ1n) is 9.14. The maximum atomic E-state index is 12.4. The lowest BCUT2D eigenvalue weighted by atomic mass is 10.0. The van der Waals surface area contributed by atoms with Gasteiger partial charge in [-0.15, -0.1) is 0 Å². The summed E-state index contributed by atoms with van der Waals surface area (Å²) in [5.74, 6) is -0.886. The summed E-state index contributed by atoms with van der Waals surface area (Å²) in [5, 5.41) is 2.73. The molecule has 1 N–H and O–H groups in total. The molecule has 0 radical (unpaired) electrons. The molecule has 1 aromatic rings. The highest BCUT2D eigenvalue weighted by Crippen LogP contribution is 2.24. The highest BCUT2D eigenvalue weighted by atomic mass is 16.6. The van der Waals surface area contributed by atoms with E-state index in [0.29, 0.717) is 12.1 Å². The molecule has 2 unspecified atom stereocenters. The third-order valence-corrected chi connectivity index (χ3v) is 4.34. The Morgan fingerprint density at radius 1 is 1.22 bits per heavy atom. The van der Waals surface area contributed by atoms with Crippen LogP contribution in [0.2, 0.25) is 0 Å². The van der Waals surface area contributed by atoms with E-state index in [1.807, 2.05) is 26.8 Å². The number of amides is 2. The Balaban J connectivity index is 2.07. The molecule has 0 aliphatic carbocycles. The number of nitrogens with one attached hydrogen (secondary N) is 1. The molecule has 1 saturated heterocycles. The van der Waals surface area contributed by atoms with E-state index in [0.717, 1.165) is 12.8 Å². The topological polar surface area (TPSA) is 84.9 Å². The fraction of sp³-hybridized carbons (Fsp3) is 0.550. The van der Waals surface area contributed by atoms with Gasteiger partial charge < -0.3 is 19.7 Å². The summed E-state index contributed by atoms with van der Waals surface area (Å²) < 4.78 is 10.3. The van der Waals surface area contributed by atoms with Crippen molar-refractivity contribution < 1.29 is 23.9 Å². The summed E-state index contributed by atoms with van der Waals surface area (Å²) in [6, 6.07) is 7.63. The van der Waals surface area contributed by atoms with Crippen LogP contribution < -0.4 is 5.32 Å². The lowest BCUT2D eigenvalue weighted by Crippen LogP contribution is -2.47. The number of carbonyl (C=O) groups is 3. The smallest absolute Gasteiger partial charge is 0.410 e. The van der Waals surface area contributed by atoms with E-state index >= 15 is 0 Å². The highest BCUT2D eigenvalue weighted by Gasteiger charge is 2.36. The first kappa shape index (κ1) is 20.7. The third kappa shape index (κ3) is 5.98. The second kappa shape index (κ2) is 8.88. The molecule has 0 aromatic heterocycles. The first-order valence-corrected chi connectivity index (χ1v) is 9.14. The molecule has 0 saturated carbocycles. The number of ether oxygens (including phenoxy) is 2. The Bertz CT molecular complexity index is 669. The molecule has 1 aliphatic rings. The van der Waals surface area contributed by atoms with Crippen molar-refractivity contribution in [2.75, 3.05) is 13.7 Å². The molecular formula is C20H28N2O5. The Hall–Kier alpha value is -2.57. The lowest BCUT2D eigenvalue weighted by molar-refractivity contribution is -0.143. The molecule has 7 heteroatoms. The van der Waals surface area contributed by atoms with E-state index in [1.54, 1.807) is 29.2 Å². The molecule has 0 bridgehead atoms. The Morgan fingerprint density at radius 3 is 2.48 bits per heavy atom. The molecule has 27 heavy (non-hydrogen) atoms. The van der Waals surface area contributed by atoms with Crippen LogP contribution in [0.5, 0.6) is 0 Å². The zero-order valence-corrected chi connectivity index (χ0v) is 16.4. The number of hydrogen-bond acceptors (Lipinski definition) is 5. The minimum atomic E-state index is -0.837. The van der Waals surface area contributed by atoms with E-state index in [2.05, 4.69) is 5.32 Å². The quantitative estimate of drug-likeness (QED) is 0.799. The van der Waals surface area contributed by atoms with E-state index in [9.17, 15) is 14.4 Å². The zero-order valence-electron chi connectivity index (χ0n) is 16.4. The van der Waals surface area contributed by atoms with Gasteiger partial charge in [-0.3, -0.25) is 4.79 Å². The predicted octanol–water partition coefficient (Wildman–Crippen LogP) is 2.75. The molecule has 2 amide bonds. The van der Waals surface area contributed by atoms with Crippen LogP contribution >= 0.6 is 0 Å². The average molecular weight is 376 g/mol. The maximum absolute atomic E-state index is 12.4. The second-order valence-electron chi connectivity index (χ2n) is 7.62. The van der Waals surface area contributed by atoms with E-state index in [1.165, 1.54) is 7.11 Å². The minimum absolute atomic E-state index is 0.194. The number of nitrogens with zero attached hydrogens (tertiary/aromatic N) is 1. The van der Waals surface area contributed by atoms with Crippen molar-refractivity contribution in [1.29, 1.82) is 0 Å². The summed E-state index contributed by atoms with van der Waals surface area (Å²) in [4.78, 5) is 38.7. The van der Waals surface area contributed by atoms with Gasteiger partial charge in [0.1, 0.15) is 11.6 Å². The van der Waals surface area contributed by atoms with Crippen molar-refractivity contribution >= 4 is 18.0 Å². The van der Waals surface area contributed by atoms with E-state index < -0.39 is 23.7 Å². The van der Waals surface area contributed by atoms with Crippen molar-refractivity contribution in [3.05, 3.63) is 35.9 Å². The first-order chi connectivity index (χ1) is 12.7. The summed E-state index contributed by atoms with van der Waals surface area (Å²) >= 11 is 0. The van der Waals surface area contributed by atoms with Crippen molar-refractivity contribution in [2.45, 2.75) is 57.7 Å². The van der Waals surface area contributed by atoms with Gasteiger partial charge in [-0.05, 0) is 52.2 Å². The van der Waals surface area contributed by atoms with Crippen molar-refractivity contribution in [1.82, 2.24) is 10.2 Å². The fourth-order valence-electron chi connectivity index (χ4n) is 3.10. The number of methoxy groups -OCH3 is 1. The van der Waals surface area contributed by atoms with Gasteiger partial charge in [0, 0.05) is 18.2 Å². The Kier molecular flexibility index (Phi) is 6.82. The Morgan fingerprint density at radius 2 is 1.89 bits per heavy atom. The molecule has 1 fully saturated rings. The Labute approximate surface area is 160 Å². The summed E-state index contributed by atoms with van der Waals surface area (Å²) in [6.07, 6.45) is 1.45. The van der Waals surface area contributed by atoms with Crippen LogP contribution in [0.4, 0.5) is 4.79 Å². The fourth-order valence-corrected chi connectivity index (χ4v) is 3.10. The molecule has 1 aromatic carbocycles. The normalized spacial score (nSPS) is 17.9. The van der Waals surface area contributed by atoms with Crippen LogP contribution in [-0.4, -0.2) is 54.2 Å². The van der Waals surface area contributed by atoms with Gasteiger partial charge in [-0.2, -0.15) is 0 Å². The van der Waals surface area contributed by atoms with Gasteiger partial charge in [-0.25, -0.2) is 9.59 Å². The van der Waals surface area contributed by atoms with Gasteiger partial charge in [0.2, 0.25) is 0 Å². The average Bonchev–Trinajstić information content (AvgIpc) is 3.08. The SMILES string of the molecule is COC(=O)C(CC1CCCN1C(=O)OC(C)(C)C)NC(=O)c1ccccc1.